The van der Waals surface area contributed by atoms with E-state index in [1.807, 2.05) is 13.8 Å². The fourth-order valence-corrected chi connectivity index (χ4v) is 3.07. The smallest absolute Gasteiger partial charge is 0.157 e. The summed E-state index contributed by atoms with van der Waals surface area (Å²) in [6.07, 6.45) is 1.56. The molecule has 0 aliphatic rings. The number of allylic oxidation sites excluding steroid dienone is 1. The maximum absolute atomic E-state index is 11.3. The van der Waals surface area contributed by atoms with E-state index in [1.54, 1.807) is 6.92 Å². The largest absolute Gasteiger partial charge is 0.357 e. The van der Waals surface area contributed by atoms with Crippen molar-refractivity contribution in [1.82, 2.24) is 0 Å². The van der Waals surface area contributed by atoms with Gasteiger partial charge in [0.25, 0.3) is 0 Å². The summed E-state index contributed by atoms with van der Waals surface area (Å²) in [5, 5.41) is 0. The van der Waals surface area contributed by atoms with Gasteiger partial charge in [-0.15, -0.1) is 0 Å². The first-order valence-electron chi connectivity index (χ1n) is 6.03. The van der Waals surface area contributed by atoms with E-state index >= 15 is 0 Å². The van der Waals surface area contributed by atoms with Crippen molar-refractivity contribution in [2.24, 2.45) is 0 Å². The summed E-state index contributed by atoms with van der Waals surface area (Å²) in [5.41, 5.74) is 0.660. The van der Waals surface area contributed by atoms with Crippen molar-refractivity contribution in [2.45, 2.75) is 45.6 Å². The minimum Gasteiger partial charge on any atom is -0.357 e. The molecule has 0 unspecified atom stereocenters. The fourth-order valence-electron chi connectivity index (χ4n) is 1.40. The van der Waals surface area contributed by atoms with E-state index in [-0.39, 0.29) is 11.7 Å². The summed E-state index contributed by atoms with van der Waals surface area (Å²) in [4.78, 5) is 11.3. The zero-order chi connectivity index (χ0) is 12.4. The lowest BCUT2D eigenvalue weighted by atomic mass is 10.1. The SMILES string of the molecule is C=C(C)C(=O)CCC[SiH2]C(OCC)OCC. The standard InChI is InChI=1S/C12H24O3Si/c1-5-14-12(15-6-2)16-9-7-8-11(13)10(3)4/h12H,3,5-9,16H2,1-2,4H3. The Morgan fingerprint density at radius 3 is 2.31 bits per heavy atom. The van der Waals surface area contributed by atoms with Crippen LogP contribution in [0.3, 0.4) is 0 Å². The van der Waals surface area contributed by atoms with Gasteiger partial charge in [-0.2, -0.15) is 0 Å². The topological polar surface area (TPSA) is 35.5 Å². The first-order valence-corrected chi connectivity index (χ1v) is 7.85. The molecule has 0 saturated heterocycles. The first kappa shape index (κ1) is 15.5. The number of hydrogen-bond donors (Lipinski definition) is 0. The minimum absolute atomic E-state index is 0.0231. The van der Waals surface area contributed by atoms with Gasteiger partial charge in [0.2, 0.25) is 0 Å². The molecule has 0 rings (SSSR count). The van der Waals surface area contributed by atoms with Crippen molar-refractivity contribution in [3.05, 3.63) is 12.2 Å². The lowest BCUT2D eigenvalue weighted by Gasteiger charge is -2.16. The molecule has 0 spiro atoms. The number of ketones is 1. The molecule has 0 N–H and O–H groups in total. The first-order chi connectivity index (χ1) is 7.61. The Morgan fingerprint density at radius 2 is 1.88 bits per heavy atom. The summed E-state index contributed by atoms with van der Waals surface area (Å²) < 4.78 is 10.9. The van der Waals surface area contributed by atoms with Crippen LogP contribution >= 0.6 is 0 Å². The van der Waals surface area contributed by atoms with Crippen molar-refractivity contribution in [3.63, 3.8) is 0 Å². The van der Waals surface area contributed by atoms with Gasteiger partial charge in [-0.05, 0) is 32.8 Å². The predicted molar refractivity (Wildman–Crippen MR) is 69.4 cm³/mol. The molecule has 0 aliphatic carbocycles. The second kappa shape index (κ2) is 9.75. The zero-order valence-electron chi connectivity index (χ0n) is 10.8. The molecule has 16 heavy (non-hydrogen) atoms. The van der Waals surface area contributed by atoms with E-state index < -0.39 is 9.52 Å². The highest BCUT2D eigenvalue weighted by molar-refractivity contribution is 6.36. The van der Waals surface area contributed by atoms with Crippen molar-refractivity contribution in [2.75, 3.05) is 13.2 Å². The van der Waals surface area contributed by atoms with Crippen LogP contribution in [0.15, 0.2) is 12.2 Å². The molecule has 0 radical (unpaired) electrons. The molecule has 0 heterocycles. The summed E-state index contributed by atoms with van der Waals surface area (Å²) >= 11 is 0. The minimum atomic E-state index is -0.391. The molecule has 0 bridgehead atoms. The lowest BCUT2D eigenvalue weighted by molar-refractivity contribution is -0.115. The summed E-state index contributed by atoms with van der Waals surface area (Å²) in [6, 6.07) is 1.09. The average molecular weight is 244 g/mol. The van der Waals surface area contributed by atoms with Crippen LogP contribution < -0.4 is 0 Å². The molecule has 0 amide bonds. The number of carbonyl (C=O) groups is 1. The van der Waals surface area contributed by atoms with Crippen LogP contribution in [0.25, 0.3) is 0 Å². The summed E-state index contributed by atoms with van der Waals surface area (Å²) in [6.45, 7) is 10.8. The van der Waals surface area contributed by atoms with Gasteiger partial charge < -0.3 is 9.47 Å². The normalized spacial score (nSPS) is 11.5. The van der Waals surface area contributed by atoms with Crippen LogP contribution in [0, 0.1) is 0 Å². The highest BCUT2D eigenvalue weighted by atomic mass is 28.2. The monoisotopic (exact) mass is 244 g/mol. The predicted octanol–water partition coefficient (Wildman–Crippen LogP) is 1.86. The second-order valence-electron chi connectivity index (χ2n) is 3.79. The Kier molecular flexibility index (Phi) is 9.47. The molecule has 0 aromatic heterocycles. The molecule has 3 nitrogen and oxygen atoms in total. The van der Waals surface area contributed by atoms with Crippen molar-refractivity contribution >= 4 is 15.3 Å². The third kappa shape index (κ3) is 7.79. The van der Waals surface area contributed by atoms with Gasteiger partial charge in [0.05, 0.1) is 9.52 Å². The number of carbonyl (C=O) groups excluding carboxylic acids is 1. The van der Waals surface area contributed by atoms with E-state index in [2.05, 4.69) is 6.58 Å². The van der Waals surface area contributed by atoms with Crippen LogP contribution in [0.4, 0.5) is 0 Å². The highest BCUT2D eigenvalue weighted by Gasteiger charge is 2.09. The van der Waals surface area contributed by atoms with E-state index in [1.165, 1.54) is 0 Å². The average Bonchev–Trinajstić information content (AvgIpc) is 2.24. The summed E-state index contributed by atoms with van der Waals surface area (Å²) in [5.74, 6) is 0.202. The van der Waals surface area contributed by atoms with E-state index in [0.717, 1.165) is 12.5 Å². The zero-order valence-corrected chi connectivity index (χ0v) is 12.2. The van der Waals surface area contributed by atoms with Crippen LogP contribution in [0.2, 0.25) is 6.04 Å². The van der Waals surface area contributed by atoms with Crippen molar-refractivity contribution in [1.29, 1.82) is 0 Å². The quantitative estimate of drug-likeness (QED) is 0.255. The van der Waals surface area contributed by atoms with Gasteiger partial charge in [-0.1, -0.05) is 12.6 Å². The maximum atomic E-state index is 11.3. The van der Waals surface area contributed by atoms with E-state index in [4.69, 9.17) is 9.47 Å². The van der Waals surface area contributed by atoms with Crippen LogP contribution in [0.1, 0.15) is 33.6 Å². The fraction of sp³-hybridized carbons (Fsp3) is 0.750. The van der Waals surface area contributed by atoms with Gasteiger partial charge in [0, 0.05) is 19.6 Å². The molecule has 94 valence electrons. The van der Waals surface area contributed by atoms with E-state index in [9.17, 15) is 4.79 Å². The molecule has 0 aromatic carbocycles. The lowest BCUT2D eigenvalue weighted by Crippen LogP contribution is -2.24. The molecular formula is C12H24O3Si. The number of hydrogen-bond acceptors (Lipinski definition) is 3. The highest BCUT2D eigenvalue weighted by Crippen LogP contribution is 2.05. The Labute approximate surface area is 101 Å². The molecule has 0 atom stereocenters. The van der Waals surface area contributed by atoms with Crippen molar-refractivity contribution < 1.29 is 14.3 Å². The van der Waals surface area contributed by atoms with Crippen LogP contribution in [-0.2, 0) is 14.3 Å². The second-order valence-corrected chi connectivity index (χ2v) is 5.74. The third-order valence-corrected chi connectivity index (χ3v) is 4.13. The maximum Gasteiger partial charge on any atom is 0.157 e. The molecule has 0 saturated carbocycles. The Morgan fingerprint density at radius 1 is 1.31 bits per heavy atom. The Bertz CT molecular complexity index is 210. The van der Waals surface area contributed by atoms with Crippen LogP contribution in [0.5, 0.6) is 0 Å². The van der Waals surface area contributed by atoms with Crippen LogP contribution in [-0.4, -0.2) is 34.4 Å². The number of rotatable bonds is 10. The third-order valence-electron chi connectivity index (χ3n) is 2.27. The number of Topliss-reactive ketones (excluding diaryl/α,β-unsaturated/α-hetero) is 1. The molecule has 0 aromatic rings. The van der Waals surface area contributed by atoms with Crippen molar-refractivity contribution in [3.8, 4) is 0 Å². The van der Waals surface area contributed by atoms with Gasteiger partial charge in [0.15, 0.2) is 5.78 Å². The summed E-state index contributed by atoms with van der Waals surface area (Å²) in [7, 11) is -0.391. The van der Waals surface area contributed by atoms with Gasteiger partial charge in [0.1, 0.15) is 5.91 Å². The molecular weight excluding hydrogens is 220 g/mol. The molecule has 0 fully saturated rings. The molecule has 4 heteroatoms. The van der Waals surface area contributed by atoms with Gasteiger partial charge in [-0.3, -0.25) is 4.79 Å². The van der Waals surface area contributed by atoms with E-state index in [0.29, 0.717) is 25.2 Å². The Hall–Kier alpha value is -0.453. The number of ether oxygens (including phenoxy) is 2. The van der Waals surface area contributed by atoms with Gasteiger partial charge in [-0.25, -0.2) is 0 Å². The molecule has 0 aliphatic heterocycles. The Balaban J connectivity index is 3.61. The van der Waals surface area contributed by atoms with Gasteiger partial charge >= 0.3 is 0 Å².